The molecule has 4 amide bonds. The Morgan fingerprint density at radius 3 is 1.11 bits per heavy atom. The minimum absolute atomic E-state index is 0.0728. The van der Waals surface area contributed by atoms with Crippen LogP contribution in [-0.4, -0.2) is 46.5 Å². The fraction of sp³-hybridized carbons (Fsp3) is 0.357. The van der Waals surface area contributed by atoms with E-state index in [1.165, 1.54) is 9.80 Å². The highest BCUT2D eigenvalue weighted by Gasteiger charge is 2.39. The fourth-order valence-corrected chi connectivity index (χ4v) is 9.75. The highest BCUT2D eigenvalue weighted by atomic mass is 16.5. The highest BCUT2D eigenvalue weighted by Crippen LogP contribution is 2.53. The van der Waals surface area contributed by atoms with Crippen molar-refractivity contribution in [1.82, 2.24) is 9.80 Å². The van der Waals surface area contributed by atoms with Gasteiger partial charge in [0.2, 0.25) is 0 Å². The first-order chi connectivity index (χ1) is 30.6. The maximum absolute atomic E-state index is 14.7. The van der Waals surface area contributed by atoms with Crippen LogP contribution in [0.4, 0.5) is 0 Å². The third-order valence-corrected chi connectivity index (χ3v) is 13.3. The third kappa shape index (κ3) is 7.25. The van der Waals surface area contributed by atoms with Crippen molar-refractivity contribution >= 4 is 66.7 Å². The molecule has 7 aromatic carbocycles. The largest absolute Gasteiger partial charge is 0.457 e. The van der Waals surface area contributed by atoms with Crippen molar-refractivity contribution in [3.8, 4) is 23.0 Å². The molecule has 64 heavy (non-hydrogen) atoms. The minimum atomic E-state index is -0.354. The van der Waals surface area contributed by atoms with Crippen LogP contribution in [-0.2, 0) is 10.8 Å². The number of fused-ring (bicyclic) bond motifs is 2. The quantitative estimate of drug-likeness (QED) is 0.0468. The average molecular weight is 855 g/mol. The first kappa shape index (κ1) is 43.0. The Balaban J connectivity index is 1.34. The van der Waals surface area contributed by atoms with E-state index >= 15 is 0 Å². The summed E-state index contributed by atoms with van der Waals surface area (Å²) in [5.41, 5.74) is 3.84. The van der Waals surface area contributed by atoms with Crippen LogP contribution in [0.5, 0.6) is 23.0 Å². The summed E-state index contributed by atoms with van der Waals surface area (Å²) >= 11 is 0. The van der Waals surface area contributed by atoms with Gasteiger partial charge in [0, 0.05) is 56.5 Å². The van der Waals surface area contributed by atoms with Gasteiger partial charge < -0.3 is 9.47 Å². The number of nitrogens with zero attached hydrogens (tertiary/aromatic N) is 2. The normalized spacial score (nSPS) is 14.3. The number of unbranched alkanes of at least 4 members (excludes halogenated alkanes) is 6. The Hall–Kier alpha value is -6.28. The lowest BCUT2D eigenvalue weighted by atomic mass is 9.81. The summed E-state index contributed by atoms with van der Waals surface area (Å²) in [6.45, 7) is 17.9. The van der Waals surface area contributed by atoms with Crippen molar-refractivity contribution in [2.45, 2.75) is 118 Å². The molecule has 0 aliphatic carbocycles. The third-order valence-electron chi connectivity index (χ3n) is 13.3. The molecular formula is C56H58N2O6. The molecule has 0 aromatic heterocycles. The van der Waals surface area contributed by atoms with E-state index in [4.69, 9.17) is 9.47 Å². The summed E-state index contributed by atoms with van der Waals surface area (Å²) < 4.78 is 13.8. The number of carbonyl (C=O) groups is 4. The summed E-state index contributed by atoms with van der Waals surface area (Å²) in [5, 5.41) is 5.33. The minimum Gasteiger partial charge on any atom is -0.457 e. The van der Waals surface area contributed by atoms with Crippen molar-refractivity contribution in [3.63, 3.8) is 0 Å². The summed E-state index contributed by atoms with van der Waals surface area (Å²) in [7, 11) is 0. The SMILES string of the molecule is CCCCCCN1C(=O)c2ccc3c4c(Oc5ccc(C(C)(C)C)cc5)cc5c6c(ccc(c7c(Oc8ccc(C(C)(C)C)cc8)cc(c2c37)C1=O)c64)C(=O)N(CCCCCC)C5=O. The topological polar surface area (TPSA) is 93.2 Å². The molecular weight excluding hydrogens is 797 g/mol. The van der Waals surface area contributed by atoms with Gasteiger partial charge in [0.25, 0.3) is 23.6 Å². The number of benzene rings is 7. The van der Waals surface area contributed by atoms with Crippen LogP contribution in [0.2, 0.25) is 0 Å². The van der Waals surface area contributed by atoms with E-state index in [-0.39, 0.29) is 34.5 Å². The van der Waals surface area contributed by atoms with Crippen LogP contribution in [0.1, 0.15) is 159 Å². The van der Waals surface area contributed by atoms with Gasteiger partial charge >= 0.3 is 0 Å². The van der Waals surface area contributed by atoms with Crippen molar-refractivity contribution < 1.29 is 28.7 Å². The molecule has 8 nitrogen and oxygen atoms in total. The molecule has 8 heteroatoms. The molecule has 0 atom stereocenters. The Labute approximate surface area is 375 Å². The monoisotopic (exact) mass is 854 g/mol. The van der Waals surface area contributed by atoms with E-state index in [0.717, 1.165) is 60.4 Å². The van der Waals surface area contributed by atoms with Crippen LogP contribution in [0.25, 0.3) is 43.1 Å². The Morgan fingerprint density at radius 1 is 0.406 bits per heavy atom. The number of amides is 4. The second-order valence-corrected chi connectivity index (χ2v) is 19.8. The van der Waals surface area contributed by atoms with Gasteiger partial charge in [-0.3, -0.25) is 29.0 Å². The summed E-state index contributed by atoms with van der Waals surface area (Å²) in [6, 6.07) is 27.1. The zero-order chi connectivity index (χ0) is 45.2. The van der Waals surface area contributed by atoms with E-state index < -0.39 is 0 Å². The van der Waals surface area contributed by atoms with Crippen LogP contribution in [0.15, 0.2) is 84.9 Å². The average Bonchev–Trinajstić information content (AvgIpc) is 3.26. The molecule has 328 valence electrons. The lowest BCUT2D eigenvalue weighted by Crippen LogP contribution is -2.41. The lowest BCUT2D eigenvalue weighted by molar-refractivity contribution is 0.0592. The van der Waals surface area contributed by atoms with Gasteiger partial charge in [0.15, 0.2) is 0 Å². The second kappa shape index (κ2) is 16.4. The van der Waals surface area contributed by atoms with Gasteiger partial charge in [-0.25, -0.2) is 0 Å². The van der Waals surface area contributed by atoms with Crippen LogP contribution in [0, 0.1) is 0 Å². The number of hydrogen-bond donors (Lipinski definition) is 0. The molecule has 0 bridgehead atoms. The van der Waals surface area contributed by atoms with Crippen LogP contribution < -0.4 is 9.47 Å². The van der Waals surface area contributed by atoms with Gasteiger partial charge in [0.1, 0.15) is 23.0 Å². The van der Waals surface area contributed by atoms with Crippen LogP contribution in [0.3, 0.4) is 0 Å². The molecule has 2 aliphatic heterocycles. The Kier molecular flexibility index (Phi) is 11.0. The summed E-state index contributed by atoms with van der Waals surface area (Å²) in [4.78, 5) is 61.1. The molecule has 7 aromatic rings. The number of hydrogen-bond acceptors (Lipinski definition) is 6. The zero-order valence-electron chi connectivity index (χ0n) is 38.5. The highest BCUT2D eigenvalue weighted by molar-refractivity contribution is 6.43. The number of imide groups is 2. The van der Waals surface area contributed by atoms with Gasteiger partial charge in [-0.2, -0.15) is 0 Å². The fourth-order valence-electron chi connectivity index (χ4n) is 9.75. The van der Waals surface area contributed by atoms with Crippen LogP contribution >= 0.6 is 0 Å². The molecule has 0 saturated carbocycles. The number of carbonyl (C=O) groups excluding carboxylic acids is 4. The van der Waals surface area contributed by atoms with Crippen molar-refractivity contribution in [2.75, 3.05) is 13.1 Å². The van der Waals surface area contributed by atoms with Gasteiger partial charge in [-0.05, 0) is 94.1 Å². The number of ether oxygens (including phenoxy) is 2. The maximum atomic E-state index is 14.7. The Morgan fingerprint density at radius 2 is 0.766 bits per heavy atom. The predicted octanol–water partition coefficient (Wildman–Crippen LogP) is 14.3. The van der Waals surface area contributed by atoms with Gasteiger partial charge in [-0.1, -0.05) is 130 Å². The lowest BCUT2D eigenvalue weighted by Gasteiger charge is -2.31. The molecule has 0 fully saturated rings. The first-order valence-corrected chi connectivity index (χ1v) is 23.2. The molecule has 0 N–H and O–H groups in total. The predicted molar refractivity (Wildman–Crippen MR) is 257 cm³/mol. The van der Waals surface area contributed by atoms with E-state index in [1.54, 1.807) is 12.1 Å². The molecule has 2 aliphatic rings. The molecule has 9 rings (SSSR count). The number of rotatable bonds is 14. The first-order valence-electron chi connectivity index (χ1n) is 23.2. The van der Waals surface area contributed by atoms with E-state index in [9.17, 15) is 19.2 Å². The molecule has 0 unspecified atom stereocenters. The van der Waals surface area contributed by atoms with E-state index in [1.807, 2.05) is 48.5 Å². The van der Waals surface area contributed by atoms with Gasteiger partial charge in [0.05, 0.1) is 11.1 Å². The van der Waals surface area contributed by atoms with Crippen molar-refractivity contribution in [2.24, 2.45) is 0 Å². The van der Waals surface area contributed by atoms with Crippen molar-refractivity contribution in [1.29, 1.82) is 0 Å². The zero-order valence-corrected chi connectivity index (χ0v) is 38.5. The molecule has 2 heterocycles. The van der Waals surface area contributed by atoms with Gasteiger partial charge in [-0.15, -0.1) is 0 Å². The van der Waals surface area contributed by atoms with E-state index in [2.05, 4.69) is 79.7 Å². The summed E-state index contributed by atoms with van der Waals surface area (Å²) in [5.74, 6) is 0.708. The smallest absolute Gasteiger partial charge is 0.261 e. The standard InChI is InChI=1S/C56H58N2O6/c1-9-11-13-15-29-57-51(59)39-27-25-37-48-44(64-36-23-19-34(20-24-36)56(6,7)8)32-42-46-40(52(60)58(54(42)62)30-16-14-12-10-2)28-26-38(50(46)48)47-43(31-41(53(57)61)45(39)49(37)47)63-35-21-17-33(18-22-35)55(3,4)5/h17-28,31-32H,9-16,29-30H2,1-8H3. The molecule has 0 radical (unpaired) electrons. The maximum Gasteiger partial charge on any atom is 0.261 e. The molecule has 0 saturated heterocycles. The second-order valence-electron chi connectivity index (χ2n) is 19.8. The Bertz CT molecular complexity index is 2800. The van der Waals surface area contributed by atoms with Crippen molar-refractivity contribution in [3.05, 3.63) is 118 Å². The summed E-state index contributed by atoms with van der Waals surface area (Å²) in [6.07, 6.45) is 7.39. The molecule has 0 spiro atoms. The van der Waals surface area contributed by atoms with E-state index in [0.29, 0.717) is 104 Å².